The zero-order valence-corrected chi connectivity index (χ0v) is 13.4. The maximum atomic E-state index is 12.2. The molecule has 0 fully saturated rings. The summed E-state index contributed by atoms with van der Waals surface area (Å²) in [5.74, 6) is 0.484. The highest BCUT2D eigenvalue weighted by Crippen LogP contribution is 2.17. The Morgan fingerprint density at radius 2 is 2.33 bits per heavy atom. The monoisotopic (exact) mass is 351 g/mol. The Morgan fingerprint density at radius 1 is 1.48 bits per heavy atom. The molecule has 0 aromatic carbocycles. The van der Waals surface area contributed by atoms with Crippen molar-refractivity contribution in [3.63, 3.8) is 0 Å². The number of nitrogens with one attached hydrogen (secondary N) is 2. The van der Waals surface area contributed by atoms with Gasteiger partial charge >= 0.3 is 0 Å². The lowest BCUT2D eigenvalue weighted by molar-refractivity contribution is 0.0953. The minimum absolute atomic E-state index is 0.120. The highest BCUT2D eigenvalue weighted by molar-refractivity contribution is 9.10. The fraction of sp³-hybridized carbons (Fsp3) is 0.357. The van der Waals surface area contributed by atoms with Gasteiger partial charge < -0.3 is 15.2 Å². The normalized spacial score (nSPS) is 10.4. The third-order valence-electron chi connectivity index (χ3n) is 2.88. The Balaban J connectivity index is 1.88. The summed E-state index contributed by atoms with van der Waals surface area (Å²) < 4.78 is 2.77. The Kier molecular flexibility index (Phi) is 5.74. The van der Waals surface area contributed by atoms with E-state index in [1.165, 1.54) is 0 Å². The van der Waals surface area contributed by atoms with Gasteiger partial charge in [-0.25, -0.2) is 9.97 Å². The van der Waals surface area contributed by atoms with E-state index in [4.69, 9.17) is 0 Å². The quantitative estimate of drug-likeness (QED) is 0.750. The molecule has 0 saturated heterocycles. The maximum Gasteiger partial charge on any atom is 0.255 e. The number of hydrogen-bond acceptors (Lipinski definition) is 4. The van der Waals surface area contributed by atoms with Gasteiger partial charge in [-0.1, -0.05) is 0 Å². The number of nitrogens with zero attached hydrogens (tertiary/aromatic N) is 3. The standard InChI is InChI=1S/C14H18BrN5O/c1-2-17-13-12(8-11(15)9-19-13)14(21)18-4-3-6-20-7-5-16-10-20/h5,7-10H,2-4,6H2,1H3,(H,17,19)(H,18,21). The molecule has 0 aliphatic carbocycles. The summed E-state index contributed by atoms with van der Waals surface area (Å²) in [7, 11) is 0. The molecule has 7 heteroatoms. The van der Waals surface area contributed by atoms with Crippen molar-refractivity contribution in [2.75, 3.05) is 18.4 Å². The molecule has 2 aromatic heterocycles. The molecular weight excluding hydrogens is 334 g/mol. The molecule has 0 aliphatic heterocycles. The topological polar surface area (TPSA) is 71.8 Å². The van der Waals surface area contributed by atoms with Crippen molar-refractivity contribution >= 4 is 27.7 Å². The number of carbonyl (C=O) groups excluding carboxylic acids is 1. The van der Waals surface area contributed by atoms with Crippen LogP contribution in [0, 0.1) is 0 Å². The fourth-order valence-electron chi connectivity index (χ4n) is 1.90. The number of amides is 1. The van der Waals surface area contributed by atoms with Crippen LogP contribution in [0.3, 0.4) is 0 Å². The number of carbonyl (C=O) groups is 1. The minimum atomic E-state index is -0.120. The van der Waals surface area contributed by atoms with Crippen molar-refractivity contribution in [3.8, 4) is 0 Å². The smallest absolute Gasteiger partial charge is 0.255 e. The predicted octanol–water partition coefficient (Wildman–Crippen LogP) is 2.29. The summed E-state index contributed by atoms with van der Waals surface area (Å²) in [4.78, 5) is 20.4. The van der Waals surface area contributed by atoms with E-state index in [-0.39, 0.29) is 5.91 Å². The van der Waals surface area contributed by atoms with Gasteiger partial charge in [-0.2, -0.15) is 0 Å². The molecule has 0 atom stereocenters. The molecule has 6 nitrogen and oxygen atoms in total. The Labute approximate surface area is 132 Å². The second-order valence-electron chi connectivity index (χ2n) is 4.49. The number of aromatic nitrogens is 3. The molecule has 1 amide bonds. The van der Waals surface area contributed by atoms with Gasteiger partial charge in [-0.15, -0.1) is 0 Å². The van der Waals surface area contributed by atoms with Crippen LogP contribution in [0.15, 0.2) is 35.5 Å². The molecular formula is C14H18BrN5O. The lowest BCUT2D eigenvalue weighted by Crippen LogP contribution is -2.26. The first-order chi connectivity index (χ1) is 10.2. The van der Waals surface area contributed by atoms with E-state index in [9.17, 15) is 4.79 Å². The molecule has 2 rings (SSSR count). The van der Waals surface area contributed by atoms with Gasteiger partial charge in [0.1, 0.15) is 5.82 Å². The summed E-state index contributed by atoms with van der Waals surface area (Å²) in [6.07, 6.45) is 7.94. The van der Waals surface area contributed by atoms with Crippen molar-refractivity contribution in [3.05, 3.63) is 41.0 Å². The van der Waals surface area contributed by atoms with Crippen LogP contribution in [0.5, 0.6) is 0 Å². The molecule has 2 N–H and O–H groups in total. The Hall–Kier alpha value is -1.89. The van der Waals surface area contributed by atoms with E-state index in [2.05, 4.69) is 36.5 Å². The number of hydrogen-bond donors (Lipinski definition) is 2. The second-order valence-corrected chi connectivity index (χ2v) is 5.41. The van der Waals surface area contributed by atoms with E-state index < -0.39 is 0 Å². The van der Waals surface area contributed by atoms with Crippen molar-refractivity contribution in [2.45, 2.75) is 19.9 Å². The van der Waals surface area contributed by atoms with Gasteiger partial charge in [0.25, 0.3) is 5.91 Å². The van der Waals surface area contributed by atoms with Crippen LogP contribution in [0.2, 0.25) is 0 Å². The van der Waals surface area contributed by atoms with Crippen LogP contribution in [-0.4, -0.2) is 33.5 Å². The highest BCUT2D eigenvalue weighted by atomic mass is 79.9. The van der Waals surface area contributed by atoms with E-state index in [0.29, 0.717) is 17.9 Å². The SMILES string of the molecule is CCNc1ncc(Br)cc1C(=O)NCCCn1ccnc1. The van der Waals surface area contributed by atoms with E-state index in [1.807, 2.05) is 17.7 Å². The summed E-state index contributed by atoms with van der Waals surface area (Å²) in [6, 6.07) is 1.77. The molecule has 0 bridgehead atoms. The van der Waals surface area contributed by atoms with Crippen molar-refractivity contribution in [1.82, 2.24) is 19.9 Å². The third kappa shape index (κ3) is 4.56. The summed E-state index contributed by atoms with van der Waals surface area (Å²) in [5, 5.41) is 6.01. The molecule has 0 unspecified atom stereocenters. The molecule has 0 aliphatic rings. The maximum absolute atomic E-state index is 12.2. The first-order valence-electron chi connectivity index (χ1n) is 6.84. The number of anilines is 1. The van der Waals surface area contributed by atoms with Gasteiger partial charge in [0.2, 0.25) is 0 Å². The van der Waals surface area contributed by atoms with Gasteiger partial charge in [0, 0.05) is 42.7 Å². The van der Waals surface area contributed by atoms with Crippen LogP contribution in [0.1, 0.15) is 23.7 Å². The zero-order valence-electron chi connectivity index (χ0n) is 11.8. The number of aryl methyl sites for hydroxylation is 1. The van der Waals surface area contributed by atoms with Gasteiger partial charge in [0.15, 0.2) is 0 Å². The first kappa shape index (κ1) is 15.5. The third-order valence-corrected chi connectivity index (χ3v) is 3.31. The number of halogens is 1. The predicted molar refractivity (Wildman–Crippen MR) is 85.3 cm³/mol. The Morgan fingerprint density at radius 3 is 3.05 bits per heavy atom. The Bertz CT molecular complexity index is 585. The second kappa shape index (κ2) is 7.78. The largest absolute Gasteiger partial charge is 0.370 e. The summed E-state index contributed by atoms with van der Waals surface area (Å²) in [6.45, 7) is 4.12. The lowest BCUT2D eigenvalue weighted by atomic mass is 10.2. The van der Waals surface area contributed by atoms with Crippen LogP contribution in [0.25, 0.3) is 0 Å². The highest BCUT2D eigenvalue weighted by Gasteiger charge is 2.12. The van der Waals surface area contributed by atoms with Gasteiger partial charge in [-0.05, 0) is 35.3 Å². The van der Waals surface area contributed by atoms with Crippen LogP contribution >= 0.6 is 15.9 Å². The molecule has 2 heterocycles. The first-order valence-corrected chi connectivity index (χ1v) is 7.63. The van der Waals surface area contributed by atoms with Crippen molar-refractivity contribution in [1.29, 1.82) is 0 Å². The van der Waals surface area contributed by atoms with E-state index >= 15 is 0 Å². The van der Waals surface area contributed by atoms with Crippen LogP contribution in [-0.2, 0) is 6.54 Å². The van der Waals surface area contributed by atoms with Crippen molar-refractivity contribution in [2.24, 2.45) is 0 Å². The number of imidazole rings is 1. The van der Waals surface area contributed by atoms with Gasteiger partial charge in [-0.3, -0.25) is 4.79 Å². The molecule has 2 aromatic rings. The van der Waals surface area contributed by atoms with E-state index in [1.54, 1.807) is 24.8 Å². The van der Waals surface area contributed by atoms with Gasteiger partial charge in [0.05, 0.1) is 11.9 Å². The fourth-order valence-corrected chi connectivity index (χ4v) is 2.23. The molecule has 0 radical (unpaired) electrons. The average Bonchev–Trinajstić information content (AvgIpc) is 2.99. The molecule has 112 valence electrons. The van der Waals surface area contributed by atoms with Crippen LogP contribution < -0.4 is 10.6 Å². The zero-order chi connectivity index (χ0) is 15.1. The van der Waals surface area contributed by atoms with Crippen LogP contribution in [0.4, 0.5) is 5.82 Å². The summed E-state index contributed by atoms with van der Waals surface area (Å²) >= 11 is 3.34. The number of pyridine rings is 1. The lowest BCUT2D eigenvalue weighted by Gasteiger charge is -2.10. The van der Waals surface area contributed by atoms with Crippen molar-refractivity contribution < 1.29 is 4.79 Å². The molecule has 0 spiro atoms. The average molecular weight is 352 g/mol. The minimum Gasteiger partial charge on any atom is -0.370 e. The molecule has 21 heavy (non-hydrogen) atoms. The molecule has 0 saturated carbocycles. The van der Waals surface area contributed by atoms with E-state index in [0.717, 1.165) is 24.0 Å². The summed E-state index contributed by atoms with van der Waals surface area (Å²) in [5.41, 5.74) is 0.550. The number of rotatable bonds is 7.